The second-order valence-corrected chi connectivity index (χ2v) is 7.69. The molecule has 0 aromatic rings. The SMILES string of the molecule is OCCOCCOCCOC(Br)CCOCCC(Br)OCCOCCOCCO. The van der Waals surface area contributed by atoms with Crippen molar-refractivity contribution in [3.8, 4) is 0 Å². The summed E-state index contributed by atoms with van der Waals surface area (Å²) in [5.74, 6) is 0. The largest absolute Gasteiger partial charge is 0.394 e. The van der Waals surface area contributed by atoms with Crippen LogP contribution in [0.25, 0.3) is 0 Å². The van der Waals surface area contributed by atoms with Crippen LogP contribution >= 0.6 is 31.9 Å². The van der Waals surface area contributed by atoms with E-state index in [1.807, 2.05) is 0 Å². The van der Waals surface area contributed by atoms with Crippen LogP contribution in [0.3, 0.4) is 0 Å². The zero-order chi connectivity index (χ0) is 21.4. The molecule has 0 aliphatic heterocycles. The van der Waals surface area contributed by atoms with E-state index in [1.165, 1.54) is 0 Å². The Morgan fingerprint density at radius 3 is 1.14 bits per heavy atom. The summed E-state index contributed by atoms with van der Waals surface area (Å²) in [4.78, 5) is 0. The Morgan fingerprint density at radius 1 is 0.448 bits per heavy atom. The van der Waals surface area contributed by atoms with Crippen LogP contribution in [0.15, 0.2) is 0 Å². The van der Waals surface area contributed by atoms with Gasteiger partial charge in [-0.3, -0.25) is 0 Å². The molecule has 11 heteroatoms. The van der Waals surface area contributed by atoms with Crippen LogP contribution in [0.5, 0.6) is 0 Å². The fraction of sp³-hybridized carbons (Fsp3) is 1.00. The van der Waals surface area contributed by atoms with E-state index in [-0.39, 0.29) is 23.2 Å². The van der Waals surface area contributed by atoms with Gasteiger partial charge in [0.25, 0.3) is 0 Å². The average molecular weight is 556 g/mol. The molecule has 0 saturated heterocycles. The molecule has 0 aliphatic carbocycles. The minimum atomic E-state index is -0.0775. The van der Waals surface area contributed by atoms with Crippen LogP contribution in [0.1, 0.15) is 12.8 Å². The quantitative estimate of drug-likeness (QED) is 0.135. The molecule has 176 valence electrons. The van der Waals surface area contributed by atoms with Crippen molar-refractivity contribution in [2.75, 3.05) is 92.5 Å². The third-order valence-electron chi connectivity index (χ3n) is 3.25. The molecule has 2 N–H and O–H groups in total. The summed E-state index contributed by atoms with van der Waals surface area (Å²) < 4.78 is 37.6. The molecule has 0 aromatic heterocycles. The van der Waals surface area contributed by atoms with Gasteiger partial charge in [0.2, 0.25) is 0 Å². The summed E-state index contributed by atoms with van der Waals surface area (Å²) in [7, 11) is 0. The fourth-order valence-electron chi connectivity index (χ4n) is 1.86. The highest BCUT2D eigenvalue weighted by Gasteiger charge is 2.06. The maximum absolute atomic E-state index is 8.56. The molecule has 0 saturated carbocycles. The summed E-state index contributed by atoms with van der Waals surface area (Å²) in [5.41, 5.74) is 0. The second-order valence-electron chi connectivity index (χ2n) is 5.65. The average Bonchev–Trinajstić information content (AvgIpc) is 2.71. The van der Waals surface area contributed by atoms with Gasteiger partial charge in [0.1, 0.15) is 10.0 Å². The molecule has 0 bridgehead atoms. The summed E-state index contributed by atoms with van der Waals surface area (Å²) in [6, 6.07) is 0. The zero-order valence-electron chi connectivity index (χ0n) is 17.0. The molecule has 0 aliphatic rings. The Hall–Kier alpha value is 0.600. The Bertz CT molecular complexity index is 289. The van der Waals surface area contributed by atoms with Gasteiger partial charge in [-0.05, 0) is 0 Å². The fourth-order valence-corrected chi connectivity index (χ4v) is 2.61. The molecule has 0 radical (unpaired) electrons. The van der Waals surface area contributed by atoms with Crippen molar-refractivity contribution in [2.45, 2.75) is 22.9 Å². The highest BCUT2D eigenvalue weighted by atomic mass is 79.9. The van der Waals surface area contributed by atoms with Crippen LogP contribution < -0.4 is 0 Å². The lowest BCUT2D eigenvalue weighted by molar-refractivity contribution is -0.00642. The minimum Gasteiger partial charge on any atom is -0.394 e. The van der Waals surface area contributed by atoms with E-state index in [1.54, 1.807) is 0 Å². The van der Waals surface area contributed by atoms with Crippen LogP contribution in [-0.4, -0.2) is 113 Å². The molecular formula is C18H36Br2O9. The number of hydrogen-bond donors (Lipinski definition) is 2. The van der Waals surface area contributed by atoms with Gasteiger partial charge in [0.05, 0.1) is 79.3 Å². The predicted molar refractivity (Wildman–Crippen MR) is 115 cm³/mol. The second kappa shape index (κ2) is 24.9. The van der Waals surface area contributed by atoms with Crippen molar-refractivity contribution in [3.05, 3.63) is 0 Å². The molecule has 0 heterocycles. The maximum Gasteiger partial charge on any atom is 0.114 e. The zero-order valence-corrected chi connectivity index (χ0v) is 20.1. The summed E-state index contributed by atoms with van der Waals surface area (Å²) in [5, 5.41) is 17.0. The van der Waals surface area contributed by atoms with Gasteiger partial charge in [-0.1, -0.05) is 31.9 Å². The first kappa shape index (κ1) is 29.6. The summed E-state index contributed by atoms with van der Waals surface area (Å²) in [6.45, 7) is 5.77. The molecule has 0 rings (SSSR count). The smallest absolute Gasteiger partial charge is 0.114 e. The molecule has 0 amide bonds. The molecule has 0 fully saturated rings. The number of hydrogen-bond acceptors (Lipinski definition) is 9. The van der Waals surface area contributed by atoms with Gasteiger partial charge in [-0.15, -0.1) is 0 Å². The van der Waals surface area contributed by atoms with Crippen molar-refractivity contribution in [3.63, 3.8) is 0 Å². The highest BCUT2D eigenvalue weighted by molar-refractivity contribution is 9.09. The number of alkyl halides is 2. The Balaban J connectivity index is 3.27. The Labute approximate surface area is 190 Å². The van der Waals surface area contributed by atoms with E-state index in [0.717, 1.165) is 12.8 Å². The van der Waals surface area contributed by atoms with Crippen molar-refractivity contribution < 1.29 is 43.4 Å². The van der Waals surface area contributed by atoms with Gasteiger partial charge in [-0.25, -0.2) is 0 Å². The first-order valence-corrected chi connectivity index (χ1v) is 11.7. The van der Waals surface area contributed by atoms with Gasteiger partial charge >= 0.3 is 0 Å². The van der Waals surface area contributed by atoms with Crippen LogP contribution in [0.2, 0.25) is 0 Å². The molecule has 2 unspecified atom stereocenters. The van der Waals surface area contributed by atoms with Crippen LogP contribution in [0, 0.1) is 0 Å². The van der Waals surface area contributed by atoms with Crippen LogP contribution in [-0.2, 0) is 33.2 Å². The van der Waals surface area contributed by atoms with Gasteiger partial charge in [-0.2, -0.15) is 0 Å². The number of aliphatic hydroxyl groups is 2. The first-order chi connectivity index (χ1) is 14.2. The van der Waals surface area contributed by atoms with E-state index in [0.29, 0.717) is 79.3 Å². The summed E-state index contributed by atoms with van der Waals surface area (Å²) in [6.07, 6.45) is 1.47. The minimum absolute atomic E-state index is 0.0260. The lowest BCUT2D eigenvalue weighted by Crippen LogP contribution is -2.16. The molecule has 0 aromatic carbocycles. The van der Waals surface area contributed by atoms with Crippen molar-refractivity contribution in [1.82, 2.24) is 0 Å². The number of ether oxygens (including phenoxy) is 7. The molecular weight excluding hydrogens is 520 g/mol. The topological polar surface area (TPSA) is 105 Å². The Kier molecular flexibility index (Phi) is 25.4. The van der Waals surface area contributed by atoms with E-state index >= 15 is 0 Å². The predicted octanol–water partition coefficient (Wildman–Crippen LogP) is 1.31. The monoisotopic (exact) mass is 554 g/mol. The van der Waals surface area contributed by atoms with Crippen molar-refractivity contribution in [2.24, 2.45) is 0 Å². The van der Waals surface area contributed by atoms with E-state index in [2.05, 4.69) is 31.9 Å². The van der Waals surface area contributed by atoms with Gasteiger partial charge in [0, 0.05) is 26.1 Å². The number of aliphatic hydroxyl groups excluding tert-OH is 2. The van der Waals surface area contributed by atoms with E-state index in [4.69, 9.17) is 43.4 Å². The normalized spacial score (nSPS) is 13.7. The Morgan fingerprint density at radius 2 is 0.759 bits per heavy atom. The molecule has 29 heavy (non-hydrogen) atoms. The van der Waals surface area contributed by atoms with E-state index in [9.17, 15) is 0 Å². The lowest BCUT2D eigenvalue weighted by Gasteiger charge is -2.14. The first-order valence-electron chi connectivity index (χ1n) is 9.82. The highest BCUT2D eigenvalue weighted by Crippen LogP contribution is 2.09. The van der Waals surface area contributed by atoms with E-state index < -0.39 is 0 Å². The molecule has 9 nitrogen and oxygen atoms in total. The maximum atomic E-state index is 8.56. The van der Waals surface area contributed by atoms with Crippen molar-refractivity contribution in [1.29, 1.82) is 0 Å². The van der Waals surface area contributed by atoms with Gasteiger partial charge in [0.15, 0.2) is 0 Å². The number of halogens is 2. The van der Waals surface area contributed by atoms with Crippen molar-refractivity contribution >= 4 is 31.9 Å². The number of rotatable bonds is 24. The third-order valence-corrected chi connectivity index (χ3v) is 4.69. The molecule has 0 spiro atoms. The van der Waals surface area contributed by atoms with Crippen LogP contribution in [0.4, 0.5) is 0 Å². The summed E-state index contributed by atoms with van der Waals surface area (Å²) >= 11 is 6.90. The van der Waals surface area contributed by atoms with Gasteiger partial charge < -0.3 is 43.4 Å². The standard InChI is InChI=1S/C18H36Br2O9/c19-17(28-15-13-26-11-9-24-7-3-21)1-5-23-6-2-18(20)29-16-14-27-12-10-25-8-4-22/h17-18,21-22H,1-16H2. The lowest BCUT2D eigenvalue weighted by atomic mass is 10.4. The third kappa shape index (κ3) is 24.7. The molecule has 2 atom stereocenters.